The zero-order valence-corrected chi connectivity index (χ0v) is 13.6. The first-order valence-corrected chi connectivity index (χ1v) is 8.43. The number of hydrogen-bond acceptors (Lipinski definition) is 5. The molecule has 0 saturated carbocycles. The Balaban J connectivity index is 1.95. The Morgan fingerprint density at radius 1 is 1.17 bits per heavy atom. The van der Waals surface area contributed by atoms with Crippen molar-refractivity contribution < 1.29 is 8.42 Å². The van der Waals surface area contributed by atoms with E-state index in [0.29, 0.717) is 5.82 Å². The molecule has 1 aromatic carbocycles. The third-order valence-electron chi connectivity index (χ3n) is 3.09. The van der Waals surface area contributed by atoms with Crippen LogP contribution in [-0.2, 0) is 10.0 Å². The average molecular weight is 350 g/mol. The van der Waals surface area contributed by atoms with Gasteiger partial charge in [0.15, 0.2) is 0 Å². The summed E-state index contributed by atoms with van der Waals surface area (Å²) in [7, 11) is -3.84. The highest BCUT2D eigenvalue weighted by molar-refractivity contribution is 7.92. The van der Waals surface area contributed by atoms with Crippen molar-refractivity contribution in [3.05, 3.63) is 59.9 Å². The van der Waals surface area contributed by atoms with Crippen LogP contribution in [0.3, 0.4) is 0 Å². The first kappa shape index (κ1) is 15.4. The Hall–Kier alpha value is -2.45. The normalized spacial score (nSPS) is 11.4. The van der Waals surface area contributed by atoms with Gasteiger partial charge in [-0.25, -0.2) is 23.4 Å². The molecule has 0 bridgehead atoms. The molecular weight excluding hydrogens is 338 g/mol. The van der Waals surface area contributed by atoms with Gasteiger partial charge in [0.1, 0.15) is 28.7 Å². The van der Waals surface area contributed by atoms with Gasteiger partial charge in [-0.05, 0) is 19.1 Å². The standard InChI is InChI=1S/C14H12ClN5O2S/c1-10-16-6-7-20(10)14-8-13(17-9-18-14)19-23(21,22)12-5-3-2-4-11(12)15/h2-9H,1H3,(H,17,18,19). The fraction of sp³-hybridized carbons (Fsp3) is 0.0714. The van der Waals surface area contributed by atoms with Crippen molar-refractivity contribution in [1.29, 1.82) is 0 Å². The number of anilines is 1. The Kier molecular flexibility index (Phi) is 4.01. The average Bonchev–Trinajstić information content (AvgIpc) is 2.93. The number of aromatic nitrogens is 4. The molecule has 3 aromatic rings. The predicted molar refractivity (Wildman–Crippen MR) is 86.2 cm³/mol. The van der Waals surface area contributed by atoms with Crippen LogP contribution in [0, 0.1) is 6.92 Å². The fourth-order valence-electron chi connectivity index (χ4n) is 2.01. The second kappa shape index (κ2) is 5.98. The number of imidazole rings is 1. The van der Waals surface area contributed by atoms with Crippen LogP contribution in [0.15, 0.2) is 53.9 Å². The van der Waals surface area contributed by atoms with Crippen molar-refractivity contribution in [3.8, 4) is 5.82 Å². The molecule has 0 aliphatic rings. The van der Waals surface area contributed by atoms with Gasteiger partial charge in [-0.1, -0.05) is 23.7 Å². The molecule has 0 aliphatic carbocycles. The number of nitrogens with zero attached hydrogens (tertiary/aromatic N) is 4. The van der Waals surface area contributed by atoms with Crippen molar-refractivity contribution in [2.75, 3.05) is 4.72 Å². The third-order valence-corrected chi connectivity index (χ3v) is 4.94. The summed E-state index contributed by atoms with van der Waals surface area (Å²) in [5.41, 5.74) is 0. The maximum atomic E-state index is 12.4. The number of rotatable bonds is 4. The van der Waals surface area contributed by atoms with Gasteiger partial charge in [-0.15, -0.1) is 0 Å². The number of nitrogens with one attached hydrogen (secondary N) is 1. The summed E-state index contributed by atoms with van der Waals surface area (Å²) < 4.78 is 28.9. The molecule has 23 heavy (non-hydrogen) atoms. The lowest BCUT2D eigenvalue weighted by molar-refractivity contribution is 0.601. The van der Waals surface area contributed by atoms with Crippen molar-refractivity contribution in [1.82, 2.24) is 19.5 Å². The van der Waals surface area contributed by atoms with E-state index in [1.165, 1.54) is 24.5 Å². The summed E-state index contributed by atoms with van der Waals surface area (Å²) in [6.45, 7) is 1.82. The quantitative estimate of drug-likeness (QED) is 0.781. The van der Waals surface area contributed by atoms with Gasteiger partial charge in [0.05, 0.1) is 5.02 Å². The molecular formula is C14H12ClN5O2S. The van der Waals surface area contributed by atoms with Crippen LogP contribution in [0.1, 0.15) is 5.82 Å². The van der Waals surface area contributed by atoms with E-state index in [-0.39, 0.29) is 15.7 Å². The maximum absolute atomic E-state index is 12.4. The Morgan fingerprint density at radius 3 is 2.65 bits per heavy atom. The van der Waals surface area contributed by atoms with Crippen LogP contribution >= 0.6 is 11.6 Å². The van der Waals surface area contributed by atoms with Crippen molar-refractivity contribution in [3.63, 3.8) is 0 Å². The highest BCUT2D eigenvalue weighted by Gasteiger charge is 2.18. The Bertz CT molecular complexity index is 955. The summed E-state index contributed by atoms with van der Waals surface area (Å²) in [5.74, 6) is 1.37. The maximum Gasteiger partial charge on any atom is 0.264 e. The minimum absolute atomic E-state index is 0.0133. The minimum atomic E-state index is -3.84. The summed E-state index contributed by atoms with van der Waals surface area (Å²) in [6.07, 6.45) is 4.63. The molecule has 0 saturated heterocycles. The van der Waals surface area contributed by atoms with Crippen LogP contribution in [0.25, 0.3) is 5.82 Å². The summed E-state index contributed by atoms with van der Waals surface area (Å²) in [4.78, 5) is 12.1. The smallest absolute Gasteiger partial charge is 0.264 e. The lowest BCUT2D eigenvalue weighted by Crippen LogP contribution is -2.15. The molecule has 2 heterocycles. The Labute approximate surface area is 138 Å². The SMILES string of the molecule is Cc1nccn1-c1cc(NS(=O)(=O)c2ccccc2Cl)ncn1. The topological polar surface area (TPSA) is 89.8 Å². The molecule has 1 N–H and O–H groups in total. The third kappa shape index (κ3) is 3.17. The Morgan fingerprint density at radius 2 is 1.96 bits per heavy atom. The molecule has 9 heteroatoms. The molecule has 0 atom stereocenters. The van der Waals surface area contributed by atoms with Gasteiger partial charge in [0, 0.05) is 18.5 Å². The molecule has 7 nitrogen and oxygen atoms in total. The monoisotopic (exact) mass is 349 g/mol. The van der Waals surface area contributed by atoms with Crippen LogP contribution in [-0.4, -0.2) is 27.9 Å². The zero-order valence-electron chi connectivity index (χ0n) is 12.0. The van der Waals surface area contributed by atoms with Gasteiger partial charge in [0.2, 0.25) is 0 Å². The van der Waals surface area contributed by atoms with Crippen molar-refractivity contribution in [2.24, 2.45) is 0 Å². The van der Waals surface area contributed by atoms with Crippen LogP contribution in [0.5, 0.6) is 0 Å². The van der Waals surface area contributed by atoms with E-state index in [0.717, 1.165) is 5.82 Å². The fourth-order valence-corrected chi connectivity index (χ4v) is 3.53. The lowest BCUT2D eigenvalue weighted by Gasteiger charge is -2.10. The largest absolute Gasteiger partial charge is 0.288 e. The number of sulfonamides is 1. The molecule has 0 aliphatic heterocycles. The van der Waals surface area contributed by atoms with E-state index in [9.17, 15) is 8.42 Å². The van der Waals surface area contributed by atoms with Crippen molar-refractivity contribution in [2.45, 2.75) is 11.8 Å². The molecule has 0 fully saturated rings. The predicted octanol–water partition coefficient (Wildman–Crippen LogP) is 2.42. The number of benzene rings is 1. The molecule has 2 aromatic heterocycles. The van der Waals surface area contributed by atoms with E-state index in [2.05, 4.69) is 19.7 Å². The molecule has 118 valence electrons. The summed E-state index contributed by atoms with van der Waals surface area (Å²) >= 11 is 5.94. The van der Waals surface area contributed by atoms with E-state index in [4.69, 9.17) is 11.6 Å². The van der Waals surface area contributed by atoms with Gasteiger partial charge in [-0.3, -0.25) is 9.29 Å². The molecule has 0 radical (unpaired) electrons. The van der Waals surface area contributed by atoms with Crippen LogP contribution < -0.4 is 4.72 Å². The molecule has 0 unspecified atom stereocenters. The number of halogens is 1. The van der Waals surface area contributed by atoms with E-state index in [1.54, 1.807) is 29.1 Å². The zero-order chi connectivity index (χ0) is 16.4. The lowest BCUT2D eigenvalue weighted by atomic mass is 10.4. The summed E-state index contributed by atoms with van der Waals surface area (Å²) in [5, 5.41) is 0.139. The second-order valence-corrected chi connectivity index (χ2v) is 6.70. The molecule has 0 spiro atoms. The van der Waals surface area contributed by atoms with Gasteiger partial charge in [-0.2, -0.15) is 0 Å². The highest BCUT2D eigenvalue weighted by atomic mass is 35.5. The van der Waals surface area contributed by atoms with Crippen LogP contribution in [0.2, 0.25) is 5.02 Å². The molecule has 0 amide bonds. The van der Waals surface area contributed by atoms with Gasteiger partial charge < -0.3 is 0 Å². The number of hydrogen-bond donors (Lipinski definition) is 1. The van der Waals surface area contributed by atoms with E-state index in [1.807, 2.05) is 6.92 Å². The van der Waals surface area contributed by atoms with Crippen LogP contribution in [0.4, 0.5) is 5.82 Å². The second-order valence-electron chi connectivity index (χ2n) is 4.64. The van der Waals surface area contributed by atoms with Gasteiger partial charge in [0.25, 0.3) is 10.0 Å². The van der Waals surface area contributed by atoms with Gasteiger partial charge >= 0.3 is 0 Å². The highest BCUT2D eigenvalue weighted by Crippen LogP contribution is 2.23. The minimum Gasteiger partial charge on any atom is -0.288 e. The first-order chi connectivity index (χ1) is 11.0. The van der Waals surface area contributed by atoms with Crippen molar-refractivity contribution >= 4 is 27.4 Å². The van der Waals surface area contributed by atoms with E-state index >= 15 is 0 Å². The molecule has 3 rings (SSSR count). The first-order valence-electron chi connectivity index (χ1n) is 6.57. The van der Waals surface area contributed by atoms with E-state index < -0.39 is 10.0 Å². The summed E-state index contributed by atoms with van der Waals surface area (Å²) in [6, 6.07) is 7.71. The number of aryl methyl sites for hydroxylation is 1.